The summed E-state index contributed by atoms with van der Waals surface area (Å²) >= 11 is 7.20. The fourth-order valence-corrected chi connectivity index (χ4v) is 5.09. The number of halogens is 4. The summed E-state index contributed by atoms with van der Waals surface area (Å²) in [6.45, 7) is 3.62. The number of fused-ring (bicyclic) bond motifs is 1. The van der Waals surface area contributed by atoms with Crippen molar-refractivity contribution >= 4 is 53.6 Å². The van der Waals surface area contributed by atoms with Gasteiger partial charge in [-0.1, -0.05) is 24.3 Å². The van der Waals surface area contributed by atoms with E-state index in [1.165, 1.54) is 12.1 Å². The van der Waals surface area contributed by atoms with Gasteiger partial charge in [0.1, 0.15) is 16.2 Å². The lowest BCUT2D eigenvalue weighted by Gasteiger charge is -2.28. The standard InChI is InChI=1S/C21H20Br2F2N2OS/c1-21(2,29(26)28)11-13(7-12-8-14(24)10-15(25)9-12)19-18(22)16-5-3-4-6-17(16)20(23)27-19/h3-6,8-10,13H,7,11,26H2,1-2H3/t13-,29?/m0/s1. The summed E-state index contributed by atoms with van der Waals surface area (Å²) in [7, 11) is -1.58. The van der Waals surface area contributed by atoms with Crippen LogP contribution in [0.4, 0.5) is 8.78 Å². The van der Waals surface area contributed by atoms with Gasteiger partial charge in [-0.2, -0.15) is 0 Å². The average Bonchev–Trinajstić information content (AvgIpc) is 2.63. The van der Waals surface area contributed by atoms with Crippen LogP contribution in [0.2, 0.25) is 0 Å². The second-order valence-electron chi connectivity index (χ2n) is 7.59. The summed E-state index contributed by atoms with van der Waals surface area (Å²) in [4.78, 5) is 4.73. The van der Waals surface area contributed by atoms with E-state index in [0.29, 0.717) is 23.0 Å². The van der Waals surface area contributed by atoms with Gasteiger partial charge in [-0.15, -0.1) is 0 Å². The molecule has 3 rings (SSSR count). The van der Waals surface area contributed by atoms with Gasteiger partial charge in [-0.25, -0.2) is 18.0 Å². The van der Waals surface area contributed by atoms with E-state index >= 15 is 0 Å². The van der Waals surface area contributed by atoms with Gasteiger partial charge in [0.05, 0.1) is 21.4 Å². The molecule has 2 N–H and O–H groups in total. The molecule has 0 saturated heterocycles. The molecule has 0 saturated carbocycles. The number of nitrogens with zero attached hydrogens (tertiary/aromatic N) is 1. The lowest BCUT2D eigenvalue weighted by molar-refractivity contribution is 0.502. The van der Waals surface area contributed by atoms with Crippen LogP contribution >= 0.6 is 31.9 Å². The third kappa shape index (κ3) is 5.10. The lowest BCUT2D eigenvalue weighted by Crippen LogP contribution is -2.34. The Labute approximate surface area is 187 Å². The van der Waals surface area contributed by atoms with Crippen molar-refractivity contribution in [2.45, 2.75) is 37.4 Å². The molecule has 1 unspecified atom stereocenters. The van der Waals surface area contributed by atoms with Crippen LogP contribution in [0.5, 0.6) is 0 Å². The number of pyridine rings is 1. The topological polar surface area (TPSA) is 56.0 Å². The second-order valence-corrected chi connectivity index (χ2v) is 10.8. The highest BCUT2D eigenvalue weighted by Crippen LogP contribution is 2.39. The first-order valence-electron chi connectivity index (χ1n) is 8.93. The van der Waals surface area contributed by atoms with Gasteiger partial charge in [-0.3, -0.25) is 5.14 Å². The Morgan fingerprint density at radius 3 is 2.28 bits per heavy atom. The molecule has 2 atom stereocenters. The van der Waals surface area contributed by atoms with Crippen molar-refractivity contribution in [3.63, 3.8) is 0 Å². The summed E-state index contributed by atoms with van der Waals surface area (Å²) in [6.07, 6.45) is 0.746. The maximum Gasteiger partial charge on any atom is 0.126 e. The van der Waals surface area contributed by atoms with Crippen LogP contribution in [0.15, 0.2) is 51.5 Å². The summed E-state index contributed by atoms with van der Waals surface area (Å²) in [5, 5.41) is 7.62. The zero-order chi connectivity index (χ0) is 21.3. The number of aromatic nitrogens is 1. The van der Waals surface area contributed by atoms with Gasteiger partial charge in [0, 0.05) is 27.2 Å². The molecule has 8 heteroatoms. The van der Waals surface area contributed by atoms with E-state index in [2.05, 4.69) is 31.9 Å². The van der Waals surface area contributed by atoms with Crippen LogP contribution < -0.4 is 5.14 Å². The minimum Gasteiger partial charge on any atom is -0.251 e. The zero-order valence-corrected chi connectivity index (χ0v) is 19.9. The molecule has 1 heterocycles. The molecule has 29 heavy (non-hydrogen) atoms. The third-order valence-electron chi connectivity index (χ3n) is 4.90. The molecule has 0 spiro atoms. The van der Waals surface area contributed by atoms with Crippen molar-refractivity contribution in [2.24, 2.45) is 5.14 Å². The third-order valence-corrected chi connectivity index (χ3v) is 7.60. The van der Waals surface area contributed by atoms with Crippen LogP contribution in [0.3, 0.4) is 0 Å². The largest absolute Gasteiger partial charge is 0.251 e. The van der Waals surface area contributed by atoms with E-state index in [-0.39, 0.29) is 5.92 Å². The first-order valence-corrected chi connectivity index (χ1v) is 11.7. The normalized spacial score (nSPS) is 14.2. The molecular formula is C21H20Br2F2N2OS. The molecule has 3 nitrogen and oxygen atoms in total. The van der Waals surface area contributed by atoms with Crippen LogP contribution in [0, 0.1) is 11.6 Å². The quantitative estimate of drug-likeness (QED) is 0.377. The SMILES string of the molecule is CC(C)(C[C@H](Cc1cc(F)cc(F)c1)c1nc(Br)c2ccccc2c1Br)S(N)=O. The Morgan fingerprint density at radius 1 is 1.10 bits per heavy atom. The molecular weight excluding hydrogens is 526 g/mol. The van der Waals surface area contributed by atoms with E-state index in [1.807, 2.05) is 38.1 Å². The van der Waals surface area contributed by atoms with Crippen molar-refractivity contribution in [1.82, 2.24) is 4.98 Å². The van der Waals surface area contributed by atoms with E-state index in [0.717, 1.165) is 27.0 Å². The highest BCUT2D eigenvalue weighted by Gasteiger charge is 2.31. The Bertz CT molecular complexity index is 1070. The number of rotatable bonds is 6. The van der Waals surface area contributed by atoms with Gasteiger partial charge >= 0.3 is 0 Å². The molecule has 154 valence electrons. The van der Waals surface area contributed by atoms with Crippen molar-refractivity contribution in [1.29, 1.82) is 0 Å². The van der Waals surface area contributed by atoms with Crippen LogP contribution in [-0.2, 0) is 17.4 Å². The summed E-state index contributed by atoms with van der Waals surface area (Å²) in [6, 6.07) is 11.3. The number of hydrogen-bond donors (Lipinski definition) is 1. The second kappa shape index (κ2) is 8.88. The Balaban J connectivity index is 2.13. The van der Waals surface area contributed by atoms with Gasteiger partial charge in [-0.05, 0) is 76.2 Å². The Morgan fingerprint density at radius 2 is 1.69 bits per heavy atom. The van der Waals surface area contributed by atoms with Crippen molar-refractivity contribution < 1.29 is 13.0 Å². The summed E-state index contributed by atoms with van der Waals surface area (Å²) < 4.78 is 40.4. The van der Waals surface area contributed by atoms with E-state index in [1.54, 1.807) is 0 Å². The summed E-state index contributed by atoms with van der Waals surface area (Å²) in [5.74, 6) is -1.53. The lowest BCUT2D eigenvalue weighted by atomic mass is 9.87. The Kier molecular flexibility index (Phi) is 6.88. The highest BCUT2D eigenvalue weighted by molar-refractivity contribution is 9.11. The van der Waals surface area contributed by atoms with Gasteiger partial charge in [0.15, 0.2) is 0 Å². The molecule has 0 aliphatic carbocycles. The maximum absolute atomic E-state index is 13.8. The Hall–Kier alpha value is -1.22. The van der Waals surface area contributed by atoms with Crippen molar-refractivity contribution in [2.75, 3.05) is 0 Å². The van der Waals surface area contributed by atoms with Crippen LogP contribution in [0.25, 0.3) is 10.8 Å². The maximum atomic E-state index is 13.8. The number of nitrogens with two attached hydrogens (primary N) is 1. The summed E-state index contributed by atoms with van der Waals surface area (Å²) in [5.41, 5.74) is 1.22. The first kappa shape index (κ1) is 22.5. The molecule has 0 aliphatic heterocycles. The smallest absolute Gasteiger partial charge is 0.126 e. The van der Waals surface area contributed by atoms with Crippen LogP contribution in [-0.4, -0.2) is 13.9 Å². The molecule has 2 aromatic carbocycles. The molecule has 0 fully saturated rings. The van der Waals surface area contributed by atoms with Crippen molar-refractivity contribution in [3.8, 4) is 0 Å². The predicted octanol–water partition coefficient (Wildman–Crippen LogP) is 6.16. The van der Waals surface area contributed by atoms with Crippen molar-refractivity contribution in [3.05, 3.63) is 74.4 Å². The average molecular weight is 546 g/mol. The van der Waals surface area contributed by atoms with E-state index < -0.39 is 27.4 Å². The molecule has 0 amide bonds. The minimum absolute atomic E-state index is 0.269. The molecule has 3 aromatic rings. The first-order chi connectivity index (χ1) is 13.6. The van der Waals surface area contributed by atoms with Crippen LogP contribution in [0.1, 0.15) is 37.4 Å². The highest BCUT2D eigenvalue weighted by atomic mass is 79.9. The number of hydrogen-bond acceptors (Lipinski definition) is 2. The fraction of sp³-hybridized carbons (Fsp3) is 0.286. The van der Waals surface area contributed by atoms with Gasteiger partial charge in [0.25, 0.3) is 0 Å². The van der Waals surface area contributed by atoms with E-state index in [4.69, 9.17) is 10.1 Å². The zero-order valence-electron chi connectivity index (χ0n) is 15.9. The minimum atomic E-state index is -1.58. The van der Waals surface area contributed by atoms with Gasteiger partial charge in [0.2, 0.25) is 0 Å². The number of benzene rings is 2. The molecule has 1 aromatic heterocycles. The fourth-order valence-electron chi connectivity index (χ4n) is 3.43. The molecule has 0 bridgehead atoms. The monoisotopic (exact) mass is 544 g/mol. The molecule has 0 radical (unpaired) electrons. The predicted molar refractivity (Wildman–Crippen MR) is 121 cm³/mol. The molecule has 0 aliphatic rings. The van der Waals surface area contributed by atoms with Gasteiger partial charge < -0.3 is 0 Å². The van der Waals surface area contributed by atoms with E-state index in [9.17, 15) is 13.0 Å².